The number of hydrogen-bond acceptors (Lipinski definition) is 9. The summed E-state index contributed by atoms with van der Waals surface area (Å²) in [5.41, 5.74) is 18.1. The zero-order valence-corrected chi connectivity index (χ0v) is 26.4. The summed E-state index contributed by atoms with van der Waals surface area (Å²) in [4.78, 5) is 43.1. The van der Waals surface area contributed by atoms with Crippen LogP contribution in [0.15, 0.2) is 34.1 Å². The first-order valence-corrected chi connectivity index (χ1v) is 15.0. The second kappa shape index (κ2) is 18.3. The van der Waals surface area contributed by atoms with E-state index >= 15 is 0 Å². The maximum atomic E-state index is 13.2. The predicted octanol–water partition coefficient (Wildman–Crippen LogP) is 1.21. The highest BCUT2D eigenvalue weighted by Crippen LogP contribution is 2.17. The first-order valence-electron chi connectivity index (χ1n) is 15.0. The Balaban J connectivity index is 0.000000498. The number of carboxylic acid groups (broad SMARTS) is 2. The number of aliphatic imine (C=N–C) groups is 1. The van der Waals surface area contributed by atoms with E-state index in [9.17, 15) is 19.5 Å². The summed E-state index contributed by atoms with van der Waals surface area (Å²) in [5.74, 6) is -0.603. The molecule has 0 aliphatic rings. The number of nitrogens with two attached hydrogens (primary N) is 3. The van der Waals surface area contributed by atoms with Crippen LogP contribution < -0.4 is 27.5 Å². The van der Waals surface area contributed by atoms with E-state index in [2.05, 4.69) is 17.0 Å². The molecule has 0 bridgehead atoms. The lowest BCUT2D eigenvalue weighted by molar-refractivity contribution is -0.150. The van der Waals surface area contributed by atoms with Crippen LogP contribution in [0.25, 0.3) is 11.0 Å². The van der Waals surface area contributed by atoms with Crippen LogP contribution in [0.5, 0.6) is 5.75 Å². The topological polar surface area (TPSA) is 236 Å². The maximum Gasteiger partial charge on any atom is 0.333 e. The molecule has 3 aromatic rings. The standard InChI is InChI=1S/C24H32N4O5.C6H14N4O2/c1-5-8-18-21-22(27(4)26-18)23(29)28(20(6-2)25-21)13-14-33-17-11-9-16(10-12-17)15-19(24(30)31)32-7-3;7-4(5(11)12)2-1-3-10-6(8)9/h9-12,19H,5-8,13-15H2,1-4H3,(H,30,31);4H,1-3,7H2,(H,11,12)(H4,8,9,10)/t19-;/m1./s1. The normalized spacial score (nSPS) is 12.2. The number of ether oxygens (including phenoxy) is 2. The lowest BCUT2D eigenvalue weighted by atomic mass is 10.1. The zero-order chi connectivity index (χ0) is 33.5. The van der Waals surface area contributed by atoms with E-state index in [0.29, 0.717) is 68.2 Å². The highest BCUT2D eigenvalue weighted by molar-refractivity contribution is 5.77. The molecule has 0 radical (unpaired) electrons. The molecule has 0 aliphatic heterocycles. The lowest BCUT2D eigenvalue weighted by Crippen LogP contribution is -2.30. The summed E-state index contributed by atoms with van der Waals surface area (Å²) in [5, 5.41) is 22.1. The number of rotatable bonds is 17. The van der Waals surface area contributed by atoms with Gasteiger partial charge in [-0.1, -0.05) is 32.4 Å². The lowest BCUT2D eigenvalue weighted by Gasteiger charge is -2.14. The van der Waals surface area contributed by atoms with Gasteiger partial charge in [0.25, 0.3) is 5.56 Å². The number of nitrogens with zero attached hydrogens (tertiary/aromatic N) is 5. The van der Waals surface area contributed by atoms with Gasteiger partial charge in [-0.25, -0.2) is 9.78 Å². The summed E-state index contributed by atoms with van der Waals surface area (Å²) in [7, 11) is 1.78. The summed E-state index contributed by atoms with van der Waals surface area (Å²) in [6.07, 6.45) is 2.73. The summed E-state index contributed by atoms with van der Waals surface area (Å²) in [6, 6.07) is 6.42. The Kier molecular flexibility index (Phi) is 15.0. The largest absolute Gasteiger partial charge is 0.492 e. The molecule has 15 nitrogen and oxygen atoms in total. The van der Waals surface area contributed by atoms with Crippen molar-refractivity contribution in [2.45, 2.75) is 78.0 Å². The third-order valence-corrected chi connectivity index (χ3v) is 6.75. The number of aryl methyl sites for hydroxylation is 3. The molecule has 248 valence electrons. The van der Waals surface area contributed by atoms with E-state index in [1.54, 1.807) is 35.4 Å². The van der Waals surface area contributed by atoms with Crippen molar-refractivity contribution in [2.75, 3.05) is 19.8 Å². The van der Waals surface area contributed by atoms with E-state index in [4.69, 9.17) is 36.8 Å². The minimum absolute atomic E-state index is 0.0129. The molecule has 2 atom stereocenters. The molecule has 0 amide bonds. The molecule has 0 saturated heterocycles. The third-order valence-electron chi connectivity index (χ3n) is 6.75. The monoisotopic (exact) mass is 630 g/mol. The van der Waals surface area contributed by atoms with E-state index in [-0.39, 0.29) is 17.9 Å². The molecule has 0 aliphatic carbocycles. The average Bonchev–Trinajstić information content (AvgIpc) is 3.31. The third kappa shape index (κ3) is 11.2. The fourth-order valence-corrected chi connectivity index (χ4v) is 4.52. The molecule has 15 heteroatoms. The number of carbonyl (C=O) groups is 2. The van der Waals surface area contributed by atoms with Gasteiger partial charge in [-0.05, 0) is 43.9 Å². The van der Waals surface area contributed by atoms with Gasteiger partial charge in [0, 0.05) is 33.0 Å². The molecule has 3 rings (SSSR count). The van der Waals surface area contributed by atoms with Crippen LogP contribution in [0.1, 0.15) is 57.1 Å². The molecular formula is C30H46N8O7. The highest BCUT2D eigenvalue weighted by atomic mass is 16.5. The number of carboxylic acids is 2. The van der Waals surface area contributed by atoms with Crippen LogP contribution in [0.3, 0.4) is 0 Å². The number of fused-ring (bicyclic) bond motifs is 1. The molecule has 45 heavy (non-hydrogen) atoms. The smallest absolute Gasteiger partial charge is 0.333 e. The molecule has 1 aromatic carbocycles. The maximum absolute atomic E-state index is 13.2. The molecule has 0 fully saturated rings. The summed E-state index contributed by atoms with van der Waals surface area (Å²) in [6.45, 7) is 7.26. The minimum Gasteiger partial charge on any atom is -0.492 e. The Morgan fingerprint density at radius 2 is 1.78 bits per heavy atom. The zero-order valence-electron chi connectivity index (χ0n) is 26.4. The van der Waals surface area contributed by atoms with Gasteiger partial charge in [-0.15, -0.1) is 0 Å². The van der Waals surface area contributed by atoms with Crippen LogP contribution in [-0.2, 0) is 47.2 Å². The number of guanidine groups is 1. The van der Waals surface area contributed by atoms with Crippen LogP contribution in [0.2, 0.25) is 0 Å². The van der Waals surface area contributed by atoms with Crippen molar-refractivity contribution in [3.8, 4) is 5.75 Å². The number of aliphatic carboxylic acids is 2. The van der Waals surface area contributed by atoms with E-state index in [1.165, 1.54) is 0 Å². The summed E-state index contributed by atoms with van der Waals surface area (Å²) < 4.78 is 14.4. The first kappa shape index (κ1) is 36.7. The van der Waals surface area contributed by atoms with Gasteiger partial charge in [0.15, 0.2) is 17.6 Å². The van der Waals surface area contributed by atoms with E-state index < -0.39 is 24.1 Å². The van der Waals surface area contributed by atoms with Crippen molar-refractivity contribution >= 4 is 28.9 Å². The fraction of sp³-hybridized carbons (Fsp3) is 0.533. The van der Waals surface area contributed by atoms with Crippen molar-refractivity contribution in [3.05, 3.63) is 51.7 Å². The summed E-state index contributed by atoms with van der Waals surface area (Å²) >= 11 is 0. The number of aromatic nitrogens is 4. The van der Waals surface area contributed by atoms with Gasteiger partial charge >= 0.3 is 11.9 Å². The minimum atomic E-state index is -1.00. The molecule has 0 spiro atoms. The van der Waals surface area contributed by atoms with Gasteiger partial charge in [0.2, 0.25) is 0 Å². The van der Waals surface area contributed by atoms with Gasteiger partial charge < -0.3 is 36.9 Å². The Hall–Kier alpha value is -4.50. The Bertz CT molecular complexity index is 1480. The van der Waals surface area contributed by atoms with Crippen LogP contribution in [0, 0.1) is 0 Å². The van der Waals surface area contributed by atoms with Crippen molar-refractivity contribution < 1.29 is 29.3 Å². The SMILES string of the molecule is CCCc1nn(C)c2c(=O)n(CCOc3ccc(C[C@@H](OCC)C(=O)O)cc3)c(CC)nc12.NC(N)=NCCCC(N)C(=O)O. The number of hydrogen-bond donors (Lipinski definition) is 5. The Morgan fingerprint density at radius 1 is 1.09 bits per heavy atom. The molecule has 1 unspecified atom stereocenters. The average molecular weight is 631 g/mol. The second-order valence-electron chi connectivity index (χ2n) is 10.2. The van der Waals surface area contributed by atoms with E-state index in [0.717, 1.165) is 24.1 Å². The molecular weight excluding hydrogens is 584 g/mol. The molecule has 2 aromatic heterocycles. The van der Waals surface area contributed by atoms with Crippen molar-refractivity contribution in [1.29, 1.82) is 0 Å². The van der Waals surface area contributed by atoms with Gasteiger partial charge in [0.05, 0.1) is 12.2 Å². The van der Waals surface area contributed by atoms with Crippen LogP contribution in [0.4, 0.5) is 0 Å². The molecule has 2 heterocycles. The van der Waals surface area contributed by atoms with Crippen LogP contribution >= 0.6 is 0 Å². The fourth-order valence-electron chi connectivity index (χ4n) is 4.52. The Morgan fingerprint density at radius 3 is 2.33 bits per heavy atom. The van der Waals surface area contributed by atoms with Crippen molar-refractivity contribution in [3.63, 3.8) is 0 Å². The van der Waals surface area contributed by atoms with Crippen molar-refractivity contribution in [2.24, 2.45) is 29.2 Å². The van der Waals surface area contributed by atoms with Gasteiger partial charge in [0.1, 0.15) is 29.7 Å². The molecule has 0 saturated carbocycles. The van der Waals surface area contributed by atoms with Crippen LogP contribution in [-0.4, -0.2) is 79.3 Å². The second-order valence-corrected chi connectivity index (χ2v) is 10.2. The van der Waals surface area contributed by atoms with E-state index in [1.807, 2.05) is 19.1 Å². The predicted molar refractivity (Wildman–Crippen MR) is 170 cm³/mol. The highest BCUT2D eigenvalue weighted by Gasteiger charge is 2.19. The number of benzene rings is 1. The quantitative estimate of drug-likeness (QED) is 0.0804. The van der Waals surface area contributed by atoms with Gasteiger partial charge in [-0.3, -0.25) is 23.8 Å². The van der Waals surface area contributed by atoms with Crippen molar-refractivity contribution in [1.82, 2.24) is 19.3 Å². The molecule has 8 N–H and O–H groups in total. The Labute approximate surface area is 262 Å². The first-order chi connectivity index (χ1) is 21.4. The van der Waals surface area contributed by atoms with Gasteiger partial charge in [-0.2, -0.15) is 5.10 Å².